The number of nitrogens with zero attached hydrogens (tertiary/aromatic N) is 2. The van der Waals surface area contributed by atoms with Gasteiger partial charge in [0.25, 0.3) is 0 Å². The maximum atomic E-state index is 12.3. The van der Waals surface area contributed by atoms with Gasteiger partial charge in [0.15, 0.2) is 0 Å². The van der Waals surface area contributed by atoms with E-state index in [2.05, 4.69) is 10.4 Å². The third-order valence-corrected chi connectivity index (χ3v) is 4.39. The van der Waals surface area contributed by atoms with Gasteiger partial charge in [0.1, 0.15) is 17.3 Å². The molecule has 1 aliphatic rings. The molecule has 1 heterocycles. The second kappa shape index (κ2) is 7.88. The molecular formula is C19H23N3O3. The number of carbonyl (C=O) groups is 1. The van der Waals surface area contributed by atoms with Crippen LogP contribution in [0.3, 0.4) is 0 Å². The van der Waals surface area contributed by atoms with Gasteiger partial charge in [-0.25, -0.2) is 4.68 Å². The third-order valence-electron chi connectivity index (χ3n) is 4.39. The van der Waals surface area contributed by atoms with E-state index in [1.807, 2.05) is 22.9 Å². The molecule has 0 radical (unpaired) electrons. The lowest BCUT2D eigenvalue weighted by Crippen LogP contribution is -2.15. The average Bonchev–Trinajstić information content (AvgIpc) is 3.30. The summed E-state index contributed by atoms with van der Waals surface area (Å²) in [6.07, 6.45) is 9.63. The summed E-state index contributed by atoms with van der Waals surface area (Å²) < 4.78 is 12.4. The molecule has 0 saturated heterocycles. The molecule has 6 heteroatoms. The summed E-state index contributed by atoms with van der Waals surface area (Å²) in [6.45, 7) is 0. The molecule has 3 rings (SSSR count). The van der Waals surface area contributed by atoms with Crippen molar-refractivity contribution in [3.63, 3.8) is 0 Å². The lowest BCUT2D eigenvalue weighted by Gasteiger charge is -2.13. The standard InChI is InChI=1S/C19H23N3O3/c1-24-16-11-14(12-17(13-16)25-2)7-8-19(23)21-18-9-10-20-22(18)15-5-3-4-6-15/h7-13,15H,3-6H2,1-2H3,(H,21,23)/b8-7+. The van der Waals surface area contributed by atoms with Gasteiger partial charge >= 0.3 is 0 Å². The Morgan fingerprint density at radius 1 is 1.20 bits per heavy atom. The number of nitrogens with one attached hydrogen (secondary N) is 1. The molecule has 1 amide bonds. The van der Waals surface area contributed by atoms with E-state index in [9.17, 15) is 4.79 Å². The van der Waals surface area contributed by atoms with Crippen molar-refractivity contribution in [2.75, 3.05) is 19.5 Å². The van der Waals surface area contributed by atoms with Crippen LogP contribution in [0, 0.1) is 0 Å². The van der Waals surface area contributed by atoms with Gasteiger partial charge in [0.2, 0.25) is 5.91 Å². The molecule has 1 saturated carbocycles. The van der Waals surface area contributed by atoms with E-state index in [-0.39, 0.29) is 5.91 Å². The van der Waals surface area contributed by atoms with E-state index in [0.717, 1.165) is 24.2 Å². The summed E-state index contributed by atoms with van der Waals surface area (Å²) in [5, 5.41) is 7.27. The number of benzene rings is 1. The fourth-order valence-corrected chi connectivity index (χ4v) is 3.12. The Hall–Kier alpha value is -2.76. The maximum Gasteiger partial charge on any atom is 0.249 e. The Bertz CT molecular complexity index is 739. The average molecular weight is 341 g/mol. The van der Waals surface area contributed by atoms with Gasteiger partial charge in [0, 0.05) is 18.2 Å². The quantitative estimate of drug-likeness (QED) is 0.814. The van der Waals surface area contributed by atoms with Crippen LogP contribution in [0.15, 0.2) is 36.5 Å². The minimum Gasteiger partial charge on any atom is -0.497 e. The van der Waals surface area contributed by atoms with Gasteiger partial charge in [0.05, 0.1) is 26.5 Å². The smallest absolute Gasteiger partial charge is 0.249 e. The SMILES string of the molecule is COc1cc(/C=C/C(=O)Nc2ccnn2C2CCCC2)cc(OC)c1. The van der Waals surface area contributed by atoms with Gasteiger partial charge in [-0.15, -0.1) is 0 Å². The van der Waals surface area contributed by atoms with Crippen LogP contribution in [0.4, 0.5) is 5.82 Å². The molecule has 0 atom stereocenters. The zero-order valence-electron chi connectivity index (χ0n) is 14.6. The Morgan fingerprint density at radius 2 is 1.88 bits per heavy atom. The van der Waals surface area contributed by atoms with Crippen LogP contribution in [-0.4, -0.2) is 29.9 Å². The van der Waals surface area contributed by atoms with Crippen molar-refractivity contribution in [1.82, 2.24) is 9.78 Å². The molecule has 0 bridgehead atoms. The second-order valence-electron chi connectivity index (χ2n) is 6.07. The predicted octanol–water partition coefficient (Wildman–Crippen LogP) is 3.67. The molecule has 132 valence electrons. The second-order valence-corrected chi connectivity index (χ2v) is 6.07. The molecule has 0 spiro atoms. The van der Waals surface area contributed by atoms with Crippen molar-refractivity contribution < 1.29 is 14.3 Å². The molecule has 0 unspecified atom stereocenters. The summed E-state index contributed by atoms with van der Waals surface area (Å²) in [5.74, 6) is 1.91. The van der Waals surface area contributed by atoms with Crippen molar-refractivity contribution >= 4 is 17.8 Å². The highest BCUT2D eigenvalue weighted by molar-refractivity contribution is 6.01. The van der Waals surface area contributed by atoms with Gasteiger partial charge in [-0.2, -0.15) is 5.10 Å². The number of hydrogen-bond acceptors (Lipinski definition) is 4. The molecule has 1 aromatic carbocycles. The summed E-state index contributed by atoms with van der Waals surface area (Å²) in [6, 6.07) is 7.69. The number of aromatic nitrogens is 2. The zero-order chi connectivity index (χ0) is 17.6. The molecular weight excluding hydrogens is 318 g/mol. The number of anilines is 1. The highest BCUT2D eigenvalue weighted by atomic mass is 16.5. The van der Waals surface area contributed by atoms with Crippen molar-refractivity contribution in [3.05, 3.63) is 42.1 Å². The zero-order valence-corrected chi connectivity index (χ0v) is 14.6. The van der Waals surface area contributed by atoms with E-state index in [1.54, 1.807) is 32.6 Å². The number of carbonyl (C=O) groups excluding carboxylic acids is 1. The van der Waals surface area contributed by atoms with Crippen LogP contribution in [0.2, 0.25) is 0 Å². The number of rotatable bonds is 6. The third kappa shape index (κ3) is 4.21. The highest BCUT2D eigenvalue weighted by Gasteiger charge is 2.20. The van der Waals surface area contributed by atoms with E-state index in [1.165, 1.54) is 18.9 Å². The molecule has 1 aromatic heterocycles. The first-order valence-electron chi connectivity index (χ1n) is 8.45. The van der Waals surface area contributed by atoms with E-state index in [0.29, 0.717) is 17.5 Å². The van der Waals surface area contributed by atoms with Crippen LogP contribution in [0.5, 0.6) is 11.5 Å². The van der Waals surface area contributed by atoms with Crippen molar-refractivity contribution in [1.29, 1.82) is 0 Å². The monoisotopic (exact) mass is 341 g/mol. The first-order chi connectivity index (χ1) is 12.2. The first kappa shape index (κ1) is 17.1. The highest BCUT2D eigenvalue weighted by Crippen LogP contribution is 2.31. The van der Waals surface area contributed by atoms with Gasteiger partial charge in [-0.05, 0) is 36.6 Å². The minimum atomic E-state index is -0.193. The van der Waals surface area contributed by atoms with E-state index >= 15 is 0 Å². The van der Waals surface area contributed by atoms with Crippen LogP contribution < -0.4 is 14.8 Å². The van der Waals surface area contributed by atoms with E-state index in [4.69, 9.17) is 9.47 Å². The molecule has 1 fully saturated rings. The Labute approximate surface area is 147 Å². The molecule has 6 nitrogen and oxygen atoms in total. The molecule has 2 aromatic rings. The topological polar surface area (TPSA) is 65.4 Å². The Balaban J connectivity index is 1.69. The number of ether oxygens (including phenoxy) is 2. The lowest BCUT2D eigenvalue weighted by molar-refractivity contribution is -0.111. The van der Waals surface area contributed by atoms with Crippen LogP contribution in [0.25, 0.3) is 6.08 Å². The minimum absolute atomic E-state index is 0.193. The van der Waals surface area contributed by atoms with Gasteiger partial charge in [-0.1, -0.05) is 12.8 Å². The summed E-state index contributed by atoms with van der Waals surface area (Å²) in [5.41, 5.74) is 0.829. The molecule has 1 N–H and O–H groups in total. The molecule has 0 aliphatic heterocycles. The normalized spacial score (nSPS) is 14.8. The van der Waals surface area contributed by atoms with E-state index < -0.39 is 0 Å². The molecule has 25 heavy (non-hydrogen) atoms. The van der Waals surface area contributed by atoms with Gasteiger partial charge < -0.3 is 14.8 Å². The fourth-order valence-electron chi connectivity index (χ4n) is 3.12. The predicted molar refractivity (Wildman–Crippen MR) is 96.9 cm³/mol. The first-order valence-corrected chi connectivity index (χ1v) is 8.45. The number of amides is 1. The summed E-state index contributed by atoms with van der Waals surface area (Å²) >= 11 is 0. The number of hydrogen-bond donors (Lipinski definition) is 1. The lowest BCUT2D eigenvalue weighted by atomic mass is 10.2. The van der Waals surface area contributed by atoms with Gasteiger partial charge in [-0.3, -0.25) is 4.79 Å². The maximum absolute atomic E-state index is 12.3. The van der Waals surface area contributed by atoms with Crippen LogP contribution in [-0.2, 0) is 4.79 Å². The molecule has 1 aliphatic carbocycles. The van der Waals surface area contributed by atoms with Crippen molar-refractivity contribution in [2.24, 2.45) is 0 Å². The summed E-state index contributed by atoms with van der Waals surface area (Å²) in [7, 11) is 3.19. The number of methoxy groups -OCH3 is 2. The Kier molecular flexibility index (Phi) is 5.38. The van der Waals surface area contributed by atoms with Crippen LogP contribution >= 0.6 is 0 Å². The van der Waals surface area contributed by atoms with Crippen molar-refractivity contribution in [3.8, 4) is 11.5 Å². The summed E-state index contributed by atoms with van der Waals surface area (Å²) in [4.78, 5) is 12.3. The van der Waals surface area contributed by atoms with Crippen molar-refractivity contribution in [2.45, 2.75) is 31.7 Å². The van der Waals surface area contributed by atoms with Crippen LogP contribution in [0.1, 0.15) is 37.3 Å². The Morgan fingerprint density at radius 3 is 2.52 bits per heavy atom. The largest absolute Gasteiger partial charge is 0.497 e. The fraction of sp³-hybridized carbons (Fsp3) is 0.368.